The molecule has 0 amide bonds. The maximum Gasteiger partial charge on any atom is 0.213 e. The minimum atomic E-state index is -0.467. The Morgan fingerprint density at radius 1 is 1.47 bits per heavy atom. The number of aromatic nitrogens is 2. The van der Waals surface area contributed by atoms with Crippen LogP contribution in [0.5, 0.6) is 5.75 Å². The van der Waals surface area contributed by atoms with Gasteiger partial charge in [0.05, 0.1) is 13.3 Å². The Morgan fingerprint density at radius 3 is 2.53 bits per heavy atom. The maximum atomic E-state index is 12.4. The molecule has 0 aliphatic carbocycles. The summed E-state index contributed by atoms with van der Waals surface area (Å²) in [7, 11) is 3.08. The van der Waals surface area contributed by atoms with Crippen molar-refractivity contribution in [1.82, 2.24) is 9.78 Å². The van der Waals surface area contributed by atoms with Crippen LogP contribution >= 0.6 is 0 Å². The van der Waals surface area contributed by atoms with Gasteiger partial charge in [-0.25, -0.2) is 0 Å². The van der Waals surface area contributed by atoms with Crippen LogP contribution in [0.3, 0.4) is 0 Å². The molecule has 0 N–H and O–H groups in total. The molecule has 0 radical (unpaired) electrons. The van der Waals surface area contributed by atoms with E-state index in [4.69, 9.17) is 9.47 Å². The number of hydrogen-bond donors (Lipinski definition) is 0. The van der Waals surface area contributed by atoms with Gasteiger partial charge < -0.3 is 9.47 Å². The normalized spacial score (nSPS) is 12.8. The molecule has 0 spiro atoms. The molecular weight excluding hydrogens is 220 g/mol. The van der Waals surface area contributed by atoms with Gasteiger partial charge in [-0.3, -0.25) is 9.48 Å². The summed E-state index contributed by atoms with van der Waals surface area (Å²) in [5, 5.41) is 4.12. The summed E-state index contributed by atoms with van der Waals surface area (Å²) < 4.78 is 12.0. The first-order valence-corrected chi connectivity index (χ1v) is 5.73. The third-order valence-electron chi connectivity index (χ3n) is 2.68. The van der Waals surface area contributed by atoms with E-state index in [1.807, 2.05) is 20.8 Å². The SMILES string of the molecule is CCn1ncc(OC)c1C(=O)C(OC)C(C)C. The number of rotatable bonds is 6. The second-order valence-corrected chi connectivity index (χ2v) is 4.14. The van der Waals surface area contributed by atoms with E-state index in [0.717, 1.165) is 0 Å². The van der Waals surface area contributed by atoms with Crippen LogP contribution < -0.4 is 4.74 Å². The second kappa shape index (κ2) is 5.82. The predicted octanol–water partition coefficient (Wildman–Crippen LogP) is 1.77. The average molecular weight is 240 g/mol. The van der Waals surface area contributed by atoms with E-state index < -0.39 is 6.10 Å². The fourth-order valence-corrected chi connectivity index (χ4v) is 1.82. The highest BCUT2D eigenvalue weighted by molar-refractivity contribution is 6.00. The van der Waals surface area contributed by atoms with Gasteiger partial charge in [-0.2, -0.15) is 5.10 Å². The number of aryl methyl sites for hydroxylation is 1. The van der Waals surface area contributed by atoms with Gasteiger partial charge in [0, 0.05) is 13.7 Å². The van der Waals surface area contributed by atoms with Crippen LogP contribution in [0.1, 0.15) is 31.3 Å². The Balaban J connectivity index is 3.13. The lowest BCUT2D eigenvalue weighted by atomic mass is 10.0. The Labute approximate surface area is 102 Å². The highest BCUT2D eigenvalue weighted by atomic mass is 16.5. The van der Waals surface area contributed by atoms with Crippen LogP contribution in [0, 0.1) is 5.92 Å². The smallest absolute Gasteiger partial charge is 0.213 e. The number of ether oxygens (including phenoxy) is 2. The van der Waals surface area contributed by atoms with Crippen molar-refractivity contribution in [3.8, 4) is 5.75 Å². The molecule has 0 fully saturated rings. The van der Waals surface area contributed by atoms with Crippen LogP contribution in [0.15, 0.2) is 6.20 Å². The molecule has 17 heavy (non-hydrogen) atoms. The first-order valence-electron chi connectivity index (χ1n) is 5.73. The van der Waals surface area contributed by atoms with Gasteiger partial charge in [0.15, 0.2) is 5.75 Å². The van der Waals surface area contributed by atoms with Crippen molar-refractivity contribution in [3.05, 3.63) is 11.9 Å². The van der Waals surface area contributed by atoms with Gasteiger partial charge in [-0.15, -0.1) is 0 Å². The number of Topliss-reactive ketones (excluding diaryl/α,β-unsaturated/α-hetero) is 1. The average Bonchev–Trinajstić information content (AvgIpc) is 2.71. The fourth-order valence-electron chi connectivity index (χ4n) is 1.82. The molecule has 0 aromatic carbocycles. The molecule has 1 atom stereocenters. The molecule has 1 aromatic rings. The summed E-state index contributed by atoms with van der Waals surface area (Å²) in [6, 6.07) is 0. The van der Waals surface area contributed by atoms with E-state index >= 15 is 0 Å². The van der Waals surface area contributed by atoms with Crippen LogP contribution in [0.2, 0.25) is 0 Å². The lowest BCUT2D eigenvalue weighted by molar-refractivity contribution is 0.0446. The number of carbonyl (C=O) groups excluding carboxylic acids is 1. The monoisotopic (exact) mass is 240 g/mol. The van der Waals surface area contributed by atoms with Crippen LogP contribution in [0.4, 0.5) is 0 Å². The molecule has 1 aromatic heterocycles. The highest BCUT2D eigenvalue weighted by Crippen LogP contribution is 2.22. The number of nitrogens with zero attached hydrogens (tertiary/aromatic N) is 2. The van der Waals surface area contributed by atoms with Gasteiger partial charge in [0.25, 0.3) is 0 Å². The summed E-state index contributed by atoms with van der Waals surface area (Å²) in [5.41, 5.74) is 0.482. The Hall–Kier alpha value is -1.36. The number of ketones is 1. The van der Waals surface area contributed by atoms with E-state index in [1.54, 1.807) is 18.0 Å². The summed E-state index contributed by atoms with van der Waals surface area (Å²) in [6.07, 6.45) is 1.09. The molecule has 1 rings (SSSR count). The topological polar surface area (TPSA) is 53.4 Å². The summed E-state index contributed by atoms with van der Waals surface area (Å²) >= 11 is 0. The maximum absolute atomic E-state index is 12.4. The fraction of sp³-hybridized carbons (Fsp3) is 0.667. The van der Waals surface area contributed by atoms with E-state index in [9.17, 15) is 4.79 Å². The molecule has 0 aliphatic rings. The van der Waals surface area contributed by atoms with Crippen molar-refractivity contribution in [2.75, 3.05) is 14.2 Å². The van der Waals surface area contributed by atoms with Gasteiger partial charge >= 0.3 is 0 Å². The lowest BCUT2D eigenvalue weighted by Crippen LogP contribution is -2.30. The molecule has 1 unspecified atom stereocenters. The third kappa shape index (κ3) is 2.66. The lowest BCUT2D eigenvalue weighted by Gasteiger charge is -2.18. The van der Waals surface area contributed by atoms with Crippen LogP contribution in [0.25, 0.3) is 0 Å². The molecule has 5 heteroatoms. The molecule has 0 bridgehead atoms. The van der Waals surface area contributed by atoms with Gasteiger partial charge in [-0.05, 0) is 12.8 Å². The Bertz CT molecular complexity index is 364. The zero-order chi connectivity index (χ0) is 13.0. The summed E-state index contributed by atoms with van der Waals surface area (Å²) in [4.78, 5) is 12.4. The largest absolute Gasteiger partial charge is 0.493 e. The quantitative estimate of drug-likeness (QED) is 0.711. The summed E-state index contributed by atoms with van der Waals surface area (Å²) in [6.45, 7) is 6.45. The van der Waals surface area contributed by atoms with Crippen molar-refractivity contribution in [2.45, 2.75) is 33.4 Å². The molecule has 0 saturated heterocycles. The minimum Gasteiger partial charge on any atom is -0.493 e. The molecular formula is C12H20N2O3. The van der Waals surface area contributed by atoms with E-state index in [2.05, 4.69) is 5.10 Å². The van der Waals surface area contributed by atoms with Gasteiger partial charge in [-0.1, -0.05) is 13.8 Å². The molecule has 96 valence electrons. The van der Waals surface area contributed by atoms with E-state index in [0.29, 0.717) is 18.0 Å². The zero-order valence-electron chi connectivity index (χ0n) is 11.1. The molecule has 5 nitrogen and oxygen atoms in total. The summed E-state index contributed by atoms with van der Waals surface area (Å²) in [5.74, 6) is 0.524. The Morgan fingerprint density at radius 2 is 2.12 bits per heavy atom. The van der Waals surface area contributed by atoms with Crippen molar-refractivity contribution < 1.29 is 14.3 Å². The van der Waals surface area contributed by atoms with Crippen molar-refractivity contribution in [2.24, 2.45) is 5.92 Å². The molecule has 0 saturated carbocycles. The number of hydrogen-bond acceptors (Lipinski definition) is 4. The standard InChI is InChI=1S/C12H20N2O3/c1-6-14-10(9(16-4)7-13-14)11(15)12(17-5)8(2)3/h7-8,12H,6H2,1-5H3. The molecule has 0 aliphatic heterocycles. The zero-order valence-corrected chi connectivity index (χ0v) is 11.1. The third-order valence-corrected chi connectivity index (χ3v) is 2.68. The number of methoxy groups -OCH3 is 2. The van der Waals surface area contributed by atoms with E-state index in [1.165, 1.54) is 7.11 Å². The van der Waals surface area contributed by atoms with Crippen molar-refractivity contribution in [1.29, 1.82) is 0 Å². The van der Waals surface area contributed by atoms with Crippen molar-refractivity contribution in [3.63, 3.8) is 0 Å². The number of carbonyl (C=O) groups is 1. The Kier molecular flexibility index (Phi) is 4.69. The molecule has 1 heterocycles. The van der Waals surface area contributed by atoms with Gasteiger partial charge in [0.1, 0.15) is 11.8 Å². The van der Waals surface area contributed by atoms with Crippen molar-refractivity contribution >= 4 is 5.78 Å². The van der Waals surface area contributed by atoms with E-state index in [-0.39, 0.29) is 11.7 Å². The first-order chi connectivity index (χ1) is 8.06. The van der Waals surface area contributed by atoms with Crippen LogP contribution in [-0.2, 0) is 11.3 Å². The predicted molar refractivity (Wildman–Crippen MR) is 64.4 cm³/mol. The highest BCUT2D eigenvalue weighted by Gasteiger charge is 2.28. The second-order valence-electron chi connectivity index (χ2n) is 4.14. The minimum absolute atomic E-state index is 0.0845. The van der Waals surface area contributed by atoms with Crippen LogP contribution in [-0.4, -0.2) is 35.9 Å². The first kappa shape index (κ1) is 13.7. The van der Waals surface area contributed by atoms with Gasteiger partial charge in [0.2, 0.25) is 5.78 Å².